The van der Waals surface area contributed by atoms with Gasteiger partial charge in [0.1, 0.15) is 16.7 Å². The number of ether oxygens (including phenoxy) is 1. The predicted octanol–water partition coefficient (Wildman–Crippen LogP) is 3.29. The van der Waals surface area contributed by atoms with E-state index in [4.69, 9.17) is 4.74 Å². The van der Waals surface area contributed by atoms with Crippen LogP contribution in [-0.4, -0.2) is 74.3 Å². The van der Waals surface area contributed by atoms with Crippen molar-refractivity contribution in [3.8, 4) is 5.75 Å². The van der Waals surface area contributed by atoms with Gasteiger partial charge in [-0.1, -0.05) is 0 Å². The number of aryl methyl sites for hydroxylation is 2. The van der Waals surface area contributed by atoms with Gasteiger partial charge in [0.05, 0.1) is 12.0 Å². The van der Waals surface area contributed by atoms with Crippen LogP contribution < -0.4 is 15.0 Å². The zero-order chi connectivity index (χ0) is 23.8. The van der Waals surface area contributed by atoms with Crippen molar-refractivity contribution in [1.82, 2.24) is 9.21 Å². The maximum atomic E-state index is 13.0. The standard InChI is InChI=1S/C24H36N4O3S/c1-18-16-22(31-7)17-19(2)24(18)32(30)28(6)13-12-23(29)25-20-8-10-21(11-9-20)27(5)15-14-26(3)4/h8-11,16-17H,12-15H2,1-7H3,(H,25,29). The summed E-state index contributed by atoms with van der Waals surface area (Å²) in [7, 11) is 8.20. The zero-order valence-corrected chi connectivity index (χ0v) is 21.1. The molecule has 0 fully saturated rings. The fourth-order valence-corrected chi connectivity index (χ4v) is 4.54. The van der Waals surface area contributed by atoms with Crippen LogP contribution in [0.2, 0.25) is 0 Å². The summed E-state index contributed by atoms with van der Waals surface area (Å²) in [6.07, 6.45) is 0.251. The Morgan fingerprint density at radius 2 is 1.56 bits per heavy atom. The third kappa shape index (κ3) is 7.32. The molecule has 0 aliphatic carbocycles. The second-order valence-electron chi connectivity index (χ2n) is 8.26. The Morgan fingerprint density at radius 3 is 2.09 bits per heavy atom. The minimum absolute atomic E-state index is 0.106. The lowest BCUT2D eigenvalue weighted by Crippen LogP contribution is -2.28. The second kappa shape index (κ2) is 12.0. The van der Waals surface area contributed by atoms with Crippen molar-refractivity contribution in [2.75, 3.05) is 65.2 Å². The first-order chi connectivity index (χ1) is 15.1. The third-order valence-corrected chi connectivity index (χ3v) is 7.00. The number of carbonyl (C=O) groups excluding carboxylic acids is 1. The lowest BCUT2D eigenvalue weighted by Gasteiger charge is -2.22. The van der Waals surface area contributed by atoms with Gasteiger partial charge in [-0.2, -0.15) is 0 Å². The molecule has 1 N–H and O–H groups in total. The number of likely N-dealkylation sites (N-methyl/N-ethyl adjacent to an activating group) is 2. The van der Waals surface area contributed by atoms with Crippen LogP contribution in [0.5, 0.6) is 5.75 Å². The summed E-state index contributed by atoms with van der Waals surface area (Å²) in [6.45, 7) is 6.12. The minimum Gasteiger partial charge on any atom is -0.497 e. The number of nitrogens with one attached hydrogen (secondary N) is 1. The highest BCUT2D eigenvalue weighted by atomic mass is 32.2. The average molecular weight is 461 g/mol. The molecule has 0 saturated carbocycles. The second-order valence-corrected chi connectivity index (χ2v) is 9.79. The van der Waals surface area contributed by atoms with Gasteiger partial charge in [-0.25, -0.2) is 8.51 Å². The molecule has 0 radical (unpaired) electrons. The number of benzene rings is 2. The molecule has 0 heterocycles. The van der Waals surface area contributed by atoms with Crippen molar-refractivity contribution in [1.29, 1.82) is 0 Å². The molecule has 1 amide bonds. The number of methoxy groups -OCH3 is 1. The van der Waals surface area contributed by atoms with Crippen molar-refractivity contribution < 1.29 is 13.7 Å². The number of carbonyl (C=O) groups is 1. The molecule has 1 unspecified atom stereocenters. The van der Waals surface area contributed by atoms with E-state index in [1.54, 1.807) is 18.5 Å². The first-order valence-corrected chi connectivity index (χ1v) is 11.8. The van der Waals surface area contributed by atoms with Crippen LogP contribution in [0.3, 0.4) is 0 Å². The van der Waals surface area contributed by atoms with E-state index in [0.717, 1.165) is 46.2 Å². The monoisotopic (exact) mass is 460 g/mol. The number of hydrogen-bond donors (Lipinski definition) is 1. The van der Waals surface area contributed by atoms with Crippen molar-refractivity contribution in [3.63, 3.8) is 0 Å². The zero-order valence-electron chi connectivity index (χ0n) is 20.3. The average Bonchev–Trinajstić information content (AvgIpc) is 2.75. The molecule has 2 aromatic rings. The van der Waals surface area contributed by atoms with E-state index < -0.39 is 11.0 Å². The van der Waals surface area contributed by atoms with Gasteiger partial charge in [0.15, 0.2) is 0 Å². The Morgan fingerprint density at radius 1 is 0.969 bits per heavy atom. The molecule has 0 aliphatic rings. The molecule has 0 aromatic heterocycles. The van der Waals surface area contributed by atoms with Crippen molar-refractivity contribution in [3.05, 3.63) is 47.5 Å². The Labute approximate surface area is 194 Å². The van der Waals surface area contributed by atoms with Crippen molar-refractivity contribution in [2.45, 2.75) is 25.2 Å². The molecule has 176 valence electrons. The molecule has 0 aliphatic heterocycles. The van der Waals surface area contributed by atoms with E-state index in [0.29, 0.717) is 6.54 Å². The molecule has 7 nitrogen and oxygen atoms in total. The lowest BCUT2D eigenvalue weighted by molar-refractivity contribution is -0.116. The quantitative estimate of drug-likeness (QED) is 0.557. The highest BCUT2D eigenvalue weighted by Crippen LogP contribution is 2.25. The Kier molecular flexibility index (Phi) is 9.68. The van der Waals surface area contributed by atoms with Gasteiger partial charge in [-0.05, 0) is 75.5 Å². The molecule has 2 aromatic carbocycles. The molecule has 0 spiro atoms. The summed E-state index contributed by atoms with van der Waals surface area (Å²) < 4.78 is 20.0. The van der Waals surface area contributed by atoms with E-state index in [-0.39, 0.29) is 12.3 Å². The number of anilines is 2. The lowest BCUT2D eigenvalue weighted by atomic mass is 10.1. The van der Waals surface area contributed by atoms with Crippen LogP contribution in [0.4, 0.5) is 11.4 Å². The van der Waals surface area contributed by atoms with Crippen LogP contribution >= 0.6 is 0 Å². The minimum atomic E-state index is -1.35. The normalized spacial score (nSPS) is 12.2. The number of rotatable bonds is 11. The number of hydrogen-bond acceptors (Lipinski definition) is 5. The SMILES string of the molecule is COc1cc(C)c(S(=O)N(C)CCC(=O)Nc2ccc(N(C)CCN(C)C)cc2)c(C)c1. The predicted molar refractivity (Wildman–Crippen MR) is 133 cm³/mol. The maximum Gasteiger partial charge on any atom is 0.225 e. The fourth-order valence-electron chi connectivity index (χ4n) is 3.30. The van der Waals surface area contributed by atoms with Gasteiger partial charge >= 0.3 is 0 Å². The molecular formula is C24H36N4O3S. The van der Waals surface area contributed by atoms with Gasteiger partial charge in [0.25, 0.3) is 0 Å². The molecule has 1 atom stereocenters. The molecule has 32 heavy (non-hydrogen) atoms. The Hall–Kier alpha value is -2.42. The Bertz CT molecular complexity index is 908. The van der Waals surface area contributed by atoms with Crippen molar-refractivity contribution in [2.24, 2.45) is 0 Å². The van der Waals surface area contributed by atoms with Crippen molar-refractivity contribution >= 4 is 28.3 Å². The topological polar surface area (TPSA) is 65.1 Å². The van der Waals surface area contributed by atoms with Crippen LogP contribution in [0.15, 0.2) is 41.3 Å². The first-order valence-electron chi connectivity index (χ1n) is 10.7. The van der Waals surface area contributed by atoms with Crippen LogP contribution in [0.1, 0.15) is 17.5 Å². The van der Waals surface area contributed by atoms with Gasteiger partial charge in [0.2, 0.25) is 5.91 Å². The summed E-state index contributed by atoms with van der Waals surface area (Å²) in [5.41, 5.74) is 3.68. The summed E-state index contributed by atoms with van der Waals surface area (Å²) >= 11 is 0. The van der Waals surface area contributed by atoms with E-state index in [1.165, 1.54) is 0 Å². The van der Waals surface area contributed by atoms with Gasteiger partial charge < -0.3 is 19.9 Å². The molecule has 0 bridgehead atoms. The van der Waals surface area contributed by atoms with Crippen LogP contribution in [-0.2, 0) is 15.8 Å². The first kappa shape index (κ1) is 25.8. The highest BCUT2D eigenvalue weighted by Gasteiger charge is 2.18. The summed E-state index contributed by atoms with van der Waals surface area (Å²) in [5, 5.41) is 2.92. The maximum absolute atomic E-state index is 13.0. The summed E-state index contributed by atoms with van der Waals surface area (Å²) in [5.74, 6) is 0.642. The van der Waals surface area contributed by atoms with Gasteiger partial charge in [-0.3, -0.25) is 4.79 Å². The highest BCUT2D eigenvalue weighted by molar-refractivity contribution is 7.82. The Balaban J connectivity index is 1.89. The summed E-state index contributed by atoms with van der Waals surface area (Å²) in [4.78, 5) is 17.5. The van der Waals surface area contributed by atoms with E-state index >= 15 is 0 Å². The largest absolute Gasteiger partial charge is 0.497 e. The van der Waals surface area contributed by atoms with Crippen LogP contribution in [0.25, 0.3) is 0 Å². The molecule has 2 rings (SSSR count). The smallest absolute Gasteiger partial charge is 0.225 e. The van der Waals surface area contributed by atoms with Gasteiger partial charge in [-0.15, -0.1) is 0 Å². The fraction of sp³-hybridized carbons (Fsp3) is 0.458. The summed E-state index contributed by atoms with van der Waals surface area (Å²) in [6, 6.07) is 11.6. The third-order valence-electron chi connectivity index (χ3n) is 5.26. The number of nitrogens with zero attached hydrogens (tertiary/aromatic N) is 3. The van der Waals surface area contributed by atoms with E-state index in [1.807, 2.05) is 50.2 Å². The molecule has 0 saturated heterocycles. The van der Waals surface area contributed by atoms with E-state index in [2.05, 4.69) is 36.3 Å². The van der Waals surface area contributed by atoms with E-state index in [9.17, 15) is 9.00 Å². The number of amides is 1. The molecular weight excluding hydrogens is 424 g/mol. The molecule has 8 heteroatoms. The van der Waals surface area contributed by atoms with Gasteiger partial charge in [0, 0.05) is 51.5 Å². The van der Waals surface area contributed by atoms with Crippen LogP contribution in [0, 0.1) is 13.8 Å².